The second-order valence-electron chi connectivity index (χ2n) is 8.18. The van der Waals surface area contributed by atoms with Gasteiger partial charge in [-0.1, -0.05) is 57.2 Å². The molecule has 1 N–H and O–H groups in total. The SMILES string of the molecule is CC[C@@H](C(=O)NCC(C)C)N(Cc1ccccc1)C(=O)COc1cc(C)cc(C)c1. The lowest BCUT2D eigenvalue weighted by molar-refractivity contribution is -0.143. The molecule has 0 aliphatic carbocycles. The minimum absolute atomic E-state index is 0.107. The molecule has 5 heteroatoms. The number of hydrogen-bond donors (Lipinski definition) is 1. The highest BCUT2D eigenvalue weighted by Gasteiger charge is 2.29. The van der Waals surface area contributed by atoms with Crippen molar-refractivity contribution in [1.29, 1.82) is 0 Å². The summed E-state index contributed by atoms with van der Waals surface area (Å²) in [5, 5.41) is 2.97. The Morgan fingerprint density at radius 2 is 1.67 bits per heavy atom. The molecule has 0 aliphatic rings. The molecule has 2 aromatic rings. The van der Waals surface area contributed by atoms with E-state index in [0.717, 1.165) is 16.7 Å². The number of benzene rings is 2. The van der Waals surface area contributed by atoms with Gasteiger partial charge in [0.05, 0.1) is 0 Å². The van der Waals surface area contributed by atoms with Crippen molar-refractivity contribution < 1.29 is 14.3 Å². The highest BCUT2D eigenvalue weighted by molar-refractivity contribution is 5.88. The lowest BCUT2D eigenvalue weighted by Crippen LogP contribution is -2.50. The molecule has 162 valence electrons. The van der Waals surface area contributed by atoms with Gasteiger partial charge in [-0.15, -0.1) is 0 Å². The molecule has 0 spiro atoms. The number of carbonyl (C=O) groups is 2. The second kappa shape index (κ2) is 11.4. The van der Waals surface area contributed by atoms with Crippen LogP contribution in [0.1, 0.15) is 43.9 Å². The van der Waals surface area contributed by atoms with E-state index in [1.165, 1.54) is 0 Å². The van der Waals surface area contributed by atoms with Gasteiger partial charge in [0.25, 0.3) is 5.91 Å². The van der Waals surface area contributed by atoms with Gasteiger partial charge in [-0.3, -0.25) is 9.59 Å². The Kier molecular flexibility index (Phi) is 8.90. The molecule has 30 heavy (non-hydrogen) atoms. The van der Waals surface area contributed by atoms with Gasteiger partial charge in [0.1, 0.15) is 11.8 Å². The molecule has 5 nitrogen and oxygen atoms in total. The smallest absolute Gasteiger partial charge is 0.261 e. The van der Waals surface area contributed by atoms with Crippen molar-refractivity contribution in [2.45, 2.75) is 53.6 Å². The number of hydrogen-bond acceptors (Lipinski definition) is 3. The summed E-state index contributed by atoms with van der Waals surface area (Å²) < 4.78 is 5.80. The molecule has 0 saturated heterocycles. The van der Waals surface area contributed by atoms with Crippen LogP contribution >= 0.6 is 0 Å². The highest BCUT2D eigenvalue weighted by Crippen LogP contribution is 2.17. The lowest BCUT2D eigenvalue weighted by atomic mass is 10.1. The number of aryl methyl sites for hydroxylation is 2. The Balaban J connectivity index is 2.18. The quantitative estimate of drug-likeness (QED) is 0.637. The summed E-state index contributed by atoms with van der Waals surface area (Å²) in [7, 11) is 0. The predicted octanol–water partition coefficient (Wildman–Crippen LogP) is 4.26. The molecule has 0 bridgehead atoms. The van der Waals surface area contributed by atoms with Gasteiger partial charge >= 0.3 is 0 Å². The van der Waals surface area contributed by atoms with Crippen molar-refractivity contribution in [2.75, 3.05) is 13.2 Å². The molecule has 0 aromatic heterocycles. The Morgan fingerprint density at radius 3 is 2.23 bits per heavy atom. The van der Waals surface area contributed by atoms with Gasteiger partial charge in [-0.05, 0) is 55.0 Å². The van der Waals surface area contributed by atoms with Crippen LogP contribution in [0.2, 0.25) is 0 Å². The third kappa shape index (κ3) is 7.21. The number of nitrogens with zero attached hydrogens (tertiary/aromatic N) is 1. The average Bonchev–Trinajstić information content (AvgIpc) is 2.70. The lowest BCUT2D eigenvalue weighted by Gasteiger charge is -2.30. The summed E-state index contributed by atoms with van der Waals surface area (Å²) >= 11 is 0. The summed E-state index contributed by atoms with van der Waals surface area (Å²) in [6.07, 6.45) is 0.534. The number of rotatable bonds is 10. The molecular formula is C25H34N2O3. The molecule has 0 radical (unpaired) electrons. The van der Waals surface area contributed by atoms with Crippen molar-refractivity contribution in [3.63, 3.8) is 0 Å². The number of ether oxygens (including phenoxy) is 1. The van der Waals surface area contributed by atoms with Crippen LogP contribution in [0.25, 0.3) is 0 Å². The first-order chi connectivity index (χ1) is 14.3. The number of nitrogens with one attached hydrogen (secondary N) is 1. The zero-order valence-electron chi connectivity index (χ0n) is 18.8. The van der Waals surface area contributed by atoms with E-state index in [4.69, 9.17) is 4.74 Å². The third-order valence-corrected chi connectivity index (χ3v) is 4.82. The molecule has 0 saturated carbocycles. The van der Waals surface area contributed by atoms with E-state index < -0.39 is 6.04 Å². The molecule has 2 aromatic carbocycles. The van der Waals surface area contributed by atoms with Gasteiger partial charge in [0.15, 0.2) is 6.61 Å². The van der Waals surface area contributed by atoms with Crippen molar-refractivity contribution in [3.8, 4) is 5.75 Å². The fourth-order valence-corrected chi connectivity index (χ4v) is 3.37. The summed E-state index contributed by atoms with van der Waals surface area (Å²) in [4.78, 5) is 27.6. The first-order valence-corrected chi connectivity index (χ1v) is 10.6. The monoisotopic (exact) mass is 410 g/mol. The Hall–Kier alpha value is -2.82. The summed E-state index contributed by atoms with van der Waals surface area (Å²) in [5.41, 5.74) is 3.14. The van der Waals surface area contributed by atoms with Crippen molar-refractivity contribution >= 4 is 11.8 Å². The number of amides is 2. The summed E-state index contributed by atoms with van der Waals surface area (Å²) in [6.45, 7) is 10.9. The van der Waals surface area contributed by atoms with Crippen LogP contribution in [0.4, 0.5) is 0 Å². The maximum Gasteiger partial charge on any atom is 0.261 e. The van der Waals surface area contributed by atoms with E-state index in [1.54, 1.807) is 4.90 Å². The molecule has 0 fully saturated rings. The van der Waals surface area contributed by atoms with Crippen LogP contribution < -0.4 is 10.1 Å². The van der Waals surface area contributed by atoms with Gasteiger partial charge < -0.3 is 15.0 Å². The van der Waals surface area contributed by atoms with Crippen molar-refractivity contribution in [1.82, 2.24) is 10.2 Å². The van der Waals surface area contributed by atoms with E-state index in [0.29, 0.717) is 31.2 Å². The average molecular weight is 411 g/mol. The highest BCUT2D eigenvalue weighted by atomic mass is 16.5. The maximum atomic E-state index is 13.2. The Bertz CT molecular complexity index is 813. The van der Waals surface area contributed by atoms with Crippen LogP contribution in [0.5, 0.6) is 5.75 Å². The van der Waals surface area contributed by atoms with E-state index in [-0.39, 0.29) is 18.4 Å². The molecule has 2 rings (SSSR count). The number of carbonyl (C=O) groups excluding carboxylic acids is 2. The second-order valence-corrected chi connectivity index (χ2v) is 8.18. The molecule has 0 aliphatic heterocycles. The zero-order chi connectivity index (χ0) is 22.1. The molecule has 2 amide bonds. The first-order valence-electron chi connectivity index (χ1n) is 10.6. The minimum Gasteiger partial charge on any atom is -0.484 e. The molecule has 1 atom stereocenters. The van der Waals surface area contributed by atoms with Crippen LogP contribution in [0.15, 0.2) is 48.5 Å². The van der Waals surface area contributed by atoms with Gasteiger partial charge in [-0.2, -0.15) is 0 Å². The molecular weight excluding hydrogens is 376 g/mol. The standard InChI is InChI=1S/C25H34N2O3/c1-6-23(25(29)26-15-18(2)3)27(16-21-10-8-7-9-11-21)24(28)17-30-22-13-19(4)12-20(5)14-22/h7-14,18,23H,6,15-17H2,1-5H3,(H,26,29)/t23-/m0/s1. The normalized spacial score (nSPS) is 11.8. The van der Waals surface area contributed by atoms with E-state index in [1.807, 2.05) is 77.1 Å². The third-order valence-electron chi connectivity index (χ3n) is 4.82. The van der Waals surface area contributed by atoms with Crippen molar-refractivity contribution in [3.05, 3.63) is 65.2 Å². The van der Waals surface area contributed by atoms with E-state index in [2.05, 4.69) is 11.4 Å². The minimum atomic E-state index is -0.542. The van der Waals surface area contributed by atoms with Gasteiger partial charge in [0.2, 0.25) is 5.91 Å². The van der Waals surface area contributed by atoms with Crippen LogP contribution in [-0.4, -0.2) is 35.9 Å². The van der Waals surface area contributed by atoms with Crippen LogP contribution in [0.3, 0.4) is 0 Å². The molecule has 0 unspecified atom stereocenters. The Morgan fingerprint density at radius 1 is 1.03 bits per heavy atom. The first kappa shape index (κ1) is 23.5. The zero-order valence-corrected chi connectivity index (χ0v) is 18.8. The summed E-state index contributed by atoms with van der Waals surface area (Å²) in [6, 6.07) is 15.1. The van der Waals surface area contributed by atoms with Gasteiger partial charge in [0, 0.05) is 13.1 Å². The van der Waals surface area contributed by atoms with Crippen LogP contribution in [-0.2, 0) is 16.1 Å². The fraction of sp³-hybridized carbons (Fsp3) is 0.440. The molecule has 0 heterocycles. The summed E-state index contributed by atoms with van der Waals surface area (Å²) in [5.74, 6) is 0.682. The van der Waals surface area contributed by atoms with Crippen molar-refractivity contribution in [2.24, 2.45) is 5.92 Å². The largest absolute Gasteiger partial charge is 0.484 e. The van der Waals surface area contributed by atoms with E-state index >= 15 is 0 Å². The topological polar surface area (TPSA) is 58.6 Å². The fourth-order valence-electron chi connectivity index (χ4n) is 3.37. The van der Waals surface area contributed by atoms with Gasteiger partial charge in [-0.25, -0.2) is 0 Å². The predicted molar refractivity (Wildman–Crippen MR) is 120 cm³/mol. The maximum absolute atomic E-state index is 13.2. The van der Waals surface area contributed by atoms with Crippen LogP contribution in [0, 0.1) is 19.8 Å². The Labute approximate surface area is 180 Å². The van der Waals surface area contributed by atoms with E-state index in [9.17, 15) is 9.59 Å².